The number of amides is 1. The number of hydrogen-bond donors (Lipinski definition) is 0. The minimum absolute atomic E-state index is 0.125. The van der Waals surface area contributed by atoms with Crippen LogP contribution in [-0.2, 0) is 4.79 Å². The summed E-state index contributed by atoms with van der Waals surface area (Å²) in [6, 6.07) is 11.1. The van der Waals surface area contributed by atoms with E-state index >= 15 is 0 Å². The zero-order chi connectivity index (χ0) is 16.1. The van der Waals surface area contributed by atoms with Gasteiger partial charge < -0.3 is 4.74 Å². The second-order valence-corrected chi connectivity index (χ2v) is 6.46. The van der Waals surface area contributed by atoms with Crippen molar-refractivity contribution in [2.24, 2.45) is 0 Å². The van der Waals surface area contributed by atoms with Gasteiger partial charge in [0, 0.05) is 21.7 Å². The molecule has 1 amide bonds. The molecule has 2 rings (SSSR count). The standard InChI is InChI=1S/C16H16Br2N2O2/c1-3-20(15-9-6-13(18)10-19-15)16(21)11(2)22-14-7-4-12(17)5-8-14/h4-11H,3H2,1-2H3. The smallest absolute Gasteiger partial charge is 0.268 e. The third-order valence-electron chi connectivity index (χ3n) is 3.04. The number of benzene rings is 1. The number of halogens is 2. The largest absolute Gasteiger partial charge is 0.481 e. The van der Waals surface area contributed by atoms with Crippen LogP contribution in [-0.4, -0.2) is 23.5 Å². The van der Waals surface area contributed by atoms with Gasteiger partial charge in [0.15, 0.2) is 6.10 Å². The fourth-order valence-electron chi connectivity index (χ4n) is 1.95. The Morgan fingerprint density at radius 2 is 1.82 bits per heavy atom. The van der Waals surface area contributed by atoms with Crippen LogP contribution in [0.4, 0.5) is 5.82 Å². The minimum atomic E-state index is -0.591. The lowest BCUT2D eigenvalue weighted by molar-refractivity contribution is -0.124. The predicted octanol–water partition coefficient (Wildman–Crippen LogP) is 4.43. The third kappa shape index (κ3) is 4.30. The summed E-state index contributed by atoms with van der Waals surface area (Å²) in [6.45, 7) is 4.18. The number of carbonyl (C=O) groups excluding carboxylic acids is 1. The number of carbonyl (C=O) groups is 1. The number of hydrogen-bond acceptors (Lipinski definition) is 3. The molecule has 0 radical (unpaired) electrons. The summed E-state index contributed by atoms with van der Waals surface area (Å²) in [4.78, 5) is 18.4. The van der Waals surface area contributed by atoms with Crippen molar-refractivity contribution < 1.29 is 9.53 Å². The molecule has 0 saturated carbocycles. The Kier molecular flexibility index (Phi) is 5.97. The molecule has 0 aliphatic rings. The van der Waals surface area contributed by atoms with E-state index in [2.05, 4.69) is 36.8 Å². The molecule has 1 aromatic heterocycles. The first-order valence-electron chi connectivity index (χ1n) is 6.86. The van der Waals surface area contributed by atoms with E-state index in [-0.39, 0.29) is 5.91 Å². The van der Waals surface area contributed by atoms with Crippen LogP contribution in [0, 0.1) is 0 Å². The van der Waals surface area contributed by atoms with E-state index in [1.54, 1.807) is 24.1 Å². The molecule has 0 fully saturated rings. The molecule has 1 heterocycles. The SMILES string of the molecule is CCN(C(=O)C(C)Oc1ccc(Br)cc1)c1ccc(Br)cn1. The quantitative estimate of drug-likeness (QED) is 0.708. The van der Waals surface area contributed by atoms with Crippen LogP contribution in [0.2, 0.25) is 0 Å². The molecular formula is C16H16Br2N2O2. The van der Waals surface area contributed by atoms with Gasteiger partial charge in [0.05, 0.1) is 0 Å². The van der Waals surface area contributed by atoms with Gasteiger partial charge in [0.1, 0.15) is 11.6 Å². The summed E-state index contributed by atoms with van der Waals surface area (Å²) in [7, 11) is 0. The van der Waals surface area contributed by atoms with Crippen LogP contribution in [0.3, 0.4) is 0 Å². The van der Waals surface area contributed by atoms with Crippen molar-refractivity contribution >= 4 is 43.6 Å². The predicted molar refractivity (Wildman–Crippen MR) is 94.2 cm³/mol. The summed E-state index contributed by atoms with van der Waals surface area (Å²) in [5.41, 5.74) is 0. The lowest BCUT2D eigenvalue weighted by Gasteiger charge is -2.24. The first kappa shape index (κ1) is 17.0. The minimum Gasteiger partial charge on any atom is -0.481 e. The first-order chi connectivity index (χ1) is 10.5. The Balaban J connectivity index is 2.10. The van der Waals surface area contributed by atoms with Crippen LogP contribution in [0.25, 0.3) is 0 Å². The zero-order valence-electron chi connectivity index (χ0n) is 12.3. The first-order valence-corrected chi connectivity index (χ1v) is 8.45. The number of ether oxygens (including phenoxy) is 1. The Hall–Kier alpha value is -1.40. The maximum atomic E-state index is 12.6. The summed E-state index contributed by atoms with van der Waals surface area (Å²) in [5, 5.41) is 0. The van der Waals surface area contributed by atoms with Crippen molar-refractivity contribution in [1.29, 1.82) is 0 Å². The number of likely N-dealkylation sites (N-methyl/N-ethyl adjacent to an activating group) is 1. The van der Waals surface area contributed by atoms with Crippen LogP contribution in [0.15, 0.2) is 51.5 Å². The van der Waals surface area contributed by atoms with E-state index in [9.17, 15) is 4.79 Å². The van der Waals surface area contributed by atoms with E-state index in [1.807, 2.05) is 37.3 Å². The van der Waals surface area contributed by atoms with Gasteiger partial charge in [-0.3, -0.25) is 9.69 Å². The van der Waals surface area contributed by atoms with E-state index < -0.39 is 6.10 Å². The van der Waals surface area contributed by atoms with Gasteiger partial charge in [-0.15, -0.1) is 0 Å². The molecule has 0 N–H and O–H groups in total. The Morgan fingerprint density at radius 3 is 2.36 bits per heavy atom. The van der Waals surface area contributed by atoms with Crippen molar-refractivity contribution in [2.75, 3.05) is 11.4 Å². The van der Waals surface area contributed by atoms with Crippen LogP contribution in [0.1, 0.15) is 13.8 Å². The van der Waals surface area contributed by atoms with Gasteiger partial charge in [-0.2, -0.15) is 0 Å². The molecule has 1 aromatic carbocycles. The lowest BCUT2D eigenvalue weighted by atomic mass is 10.3. The average Bonchev–Trinajstić information content (AvgIpc) is 2.52. The average molecular weight is 428 g/mol. The molecule has 0 aliphatic carbocycles. The van der Waals surface area contributed by atoms with Crippen molar-refractivity contribution in [3.8, 4) is 5.75 Å². The molecule has 116 valence electrons. The normalized spacial score (nSPS) is 11.8. The number of pyridine rings is 1. The molecular weight excluding hydrogens is 412 g/mol. The van der Waals surface area contributed by atoms with Crippen molar-refractivity contribution in [3.63, 3.8) is 0 Å². The topological polar surface area (TPSA) is 42.4 Å². The highest BCUT2D eigenvalue weighted by Crippen LogP contribution is 2.20. The number of aromatic nitrogens is 1. The molecule has 0 bridgehead atoms. The fourth-order valence-corrected chi connectivity index (χ4v) is 2.44. The molecule has 1 unspecified atom stereocenters. The summed E-state index contributed by atoms with van der Waals surface area (Å²) in [6.07, 6.45) is 1.08. The van der Waals surface area contributed by atoms with Gasteiger partial charge in [0.25, 0.3) is 5.91 Å². The molecule has 2 aromatic rings. The Labute approximate surface area is 146 Å². The molecule has 6 heteroatoms. The second kappa shape index (κ2) is 7.74. The molecule has 4 nitrogen and oxygen atoms in total. The summed E-state index contributed by atoms with van der Waals surface area (Å²) >= 11 is 6.71. The molecule has 0 spiro atoms. The van der Waals surface area contributed by atoms with Gasteiger partial charge in [-0.1, -0.05) is 15.9 Å². The molecule has 1 atom stereocenters. The van der Waals surface area contributed by atoms with E-state index in [0.29, 0.717) is 18.1 Å². The van der Waals surface area contributed by atoms with Crippen molar-refractivity contribution in [1.82, 2.24) is 4.98 Å². The summed E-state index contributed by atoms with van der Waals surface area (Å²) < 4.78 is 7.55. The van der Waals surface area contributed by atoms with E-state index in [4.69, 9.17) is 4.74 Å². The van der Waals surface area contributed by atoms with Crippen LogP contribution < -0.4 is 9.64 Å². The number of nitrogens with zero attached hydrogens (tertiary/aromatic N) is 2. The highest BCUT2D eigenvalue weighted by Gasteiger charge is 2.23. The second-order valence-electron chi connectivity index (χ2n) is 4.63. The van der Waals surface area contributed by atoms with Gasteiger partial charge in [0.2, 0.25) is 0 Å². The maximum Gasteiger partial charge on any atom is 0.268 e. The van der Waals surface area contributed by atoms with Crippen LogP contribution in [0.5, 0.6) is 5.75 Å². The van der Waals surface area contributed by atoms with Gasteiger partial charge in [-0.05, 0) is 66.2 Å². The van der Waals surface area contributed by atoms with Gasteiger partial charge in [-0.25, -0.2) is 4.98 Å². The van der Waals surface area contributed by atoms with E-state index in [1.165, 1.54) is 0 Å². The Morgan fingerprint density at radius 1 is 1.18 bits per heavy atom. The van der Waals surface area contributed by atoms with Crippen LogP contribution >= 0.6 is 31.9 Å². The van der Waals surface area contributed by atoms with E-state index in [0.717, 1.165) is 8.95 Å². The molecule has 22 heavy (non-hydrogen) atoms. The molecule has 0 aliphatic heterocycles. The monoisotopic (exact) mass is 426 g/mol. The third-order valence-corrected chi connectivity index (χ3v) is 4.04. The van der Waals surface area contributed by atoms with Gasteiger partial charge >= 0.3 is 0 Å². The zero-order valence-corrected chi connectivity index (χ0v) is 15.5. The maximum absolute atomic E-state index is 12.6. The highest BCUT2D eigenvalue weighted by molar-refractivity contribution is 9.10. The highest BCUT2D eigenvalue weighted by atomic mass is 79.9. The lowest BCUT2D eigenvalue weighted by Crippen LogP contribution is -2.41. The fraction of sp³-hybridized carbons (Fsp3) is 0.250. The van der Waals surface area contributed by atoms with Crippen molar-refractivity contribution in [2.45, 2.75) is 20.0 Å². The summed E-state index contributed by atoms with van der Waals surface area (Å²) in [5.74, 6) is 1.14. The van der Waals surface area contributed by atoms with Crippen molar-refractivity contribution in [3.05, 3.63) is 51.5 Å². The Bertz CT molecular complexity index is 630. The number of anilines is 1. The molecule has 0 saturated heterocycles. The number of rotatable bonds is 5.